The zero-order valence-electron chi connectivity index (χ0n) is 8.31. The molecule has 0 unspecified atom stereocenters. The molecule has 0 heterocycles. The topological polar surface area (TPSA) is 0 Å². The van der Waals surface area contributed by atoms with Gasteiger partial charge in [-0.2, -0.15) is 0 Å². The largest absolute Gasteiger partial charge is 1.00 e. The Labute approximate surface area is 138 Å². The molecule has 0 fully saturated rings. The van der Waals surface area contributed by atoms with Crippen LogP contribution in [0.2, 0.25) is 0 Å². The van der Waals surface area contributed by atoms with E-state index in [0.29, 0.717) is 0 Å². The number of hydrogen-bond acceptors (Lipinski definition) is 0. The summed E-state index contributed by atoms with van der Waals surface area (Å²) in [6.45, 7) is 0. The van der Waals surface area contributed by atoms with Gasteiger partial charge in [0, 0.05) is 86.1 Å². The van der Waals surface area contributed by atoms with E-state index >= 15 is 0 Å². The van der Waals surface area contributed by atoms with Gasteiger partial charge in [-0.15, -0.1) is 0 Å². The Morgan fingerprint density at radius 1 is 0.500 bits per heavy atom. The Bertz CT molecular complexity index is 66.7. The van der Waals surface area contributed by atoms with Crippen molar-refractivity contribution in [2.75, 3.05) is 0 Å². The SMILES string of the molecule is [B][B][B][B][B][B][B][B][B][B][B][B].[I-].[Na+]. The van der Waals surface area contributed by atoms with Crippen molar-refractivity contribution in [2.24, 2.45) is 0 Å². The monoisotopic (exact) mass is 282 g/mol. The van der Waals surface area contributed by atoms with Crippen LogP contribution in [0.25, 0.3) is 0 Å². The summed E-state index contributed by atoms with van der Waals surface area (Å²) in [6, 6.07) is 0. The summed E-state index contributed by atoms with van der Waals surface area (Å²) in [6.07, 6.45) is 0. The van der Waals surface area contributed by atoms with Gasteiger partial charge in [-0.25, -0.2) is 0 Å². The molecule has 14 heavy (non-hydrogen) atoms. The van der Waals surface area contributed by atoms with Gasteiger partial charge in [-0.3, -0.25) is 0 Å². The van der Waals surface area contributed by atoms with Gasteiger partial charge in [0.1, 0.15) is 0 Å². The molecule has 14 heteroatoms. The zero-order valence-corrected chi connectivity index (χ0v) is 12.5. The second-order valence-electron chi connectivity index (χ2n) is 1.92. The maximum absolute atomic E-state index is 5.12. The maximum Gasteiger partial charge on any atom is 1.00 e. The molecule has 0 atom stereocenters. The summed E-state index contributed by atoms with van der Waals surface area (Å²) < 4.78 is 0. The zero-order chi connectivity index (χ0) is 9.07. The van der Waals surface area contributed by atoms with E-state index in [0.717, 1.165) is 0 Å². The molecule has 0 aliphatic heterocycles. The fourth-order valence-corrected chi connectivity index (χ4v) is 0.513. The first-order valence-electron chi connectivity index (χ1n) is 3.67. The second kappa shape index (κ2) is 20.9. The first kappa shape index (κ1) is 21.8. The summed E-state index contributed by atoms with van der Waals surface area (Å²) in [5, 5.41) is 0. The van der Waals surface area contributed by atoms with Crippen LogP contribution in [0.1, 0.15) is 0 Å². The van der Waals surface area contributed by atoms with Gasteiger partial charge < -0.3 is 24.0 Å². The molecule has 14 radical (unpaired) electrons. The van der Waals surface area contributed by atoms with Crippen LogP contribution >= 0.6 is 0 Å². The molecule has 0 spiro atoms. The molecule has 0 saturated carbocycles. The van der Waals surface area contributed by atoms with E-state index in [9.17, 15) is 0 Å². The third-order valence-electron chi connectivity index (χ3n) is 1.00. The first-order chi connectivity index (χ1) is 5.91. The predicted octanol–water partition coefficient (Wildman–Crippen LogP) is -10.6. The van der Waals surface area contributed by atoms with Gasteiger partial charge in [0.05, 0.1) is 0 Å². The Morgan fingerprint density at radius 2 is 0.714 bits per heavy atom. The van der Waals surface area contributed by atoms with E-state index in [1.54, 1.807) is 14.1 Å². The van der Waals surface area contributed by atoms with Crippen molar-refractivity contribution in [2.45, 2.75) is 0 Å². The van der Waals surface area contributed by atoms with Gasteiger partial charge in [0.25, 0.3) is 0 Å². The van der Waals surface area contributed by atoms with Crippen LogP contribution in [0.5, 0.6) is 0 Å². The van der Waals surface area contributed by atoms with Crippen molar-refractivity contribution < 1.29 is 53.5 Å². The van der Waals surface area contributed by atoms with Gasteiger partial charge in [-0.1, -0.05) is 0 Å². The summed E-state index contributed by atoms with van der Waals surface area (Å²) >= 11 is 0. The minimum atomic E-state index is 0. The molecule has 0 aromatic carbocycles. The standard InChI is InChI=1S/B12.HI.Na/c1-3-5-7-9-11-12-10-8-6-4-2;;/h;1H;/q;;+1/p-1. The Balaban J connectivity index is -0.000000605. The van der Waals surface area contributed by atoms with Gasteiger partial charge in [0.2, 0.25) is 0 Å². The molecule has 0 nitrogen and oxygen atoms in total. The molecular weight excluding hydrogens is 280 g/mol. The van der Waals surface area contributed by atoms with E-state index in [-0.39, 0.29) is 53.5 Å². The number of hydrogen-bond donors (Lipinski definition) is 0. The molecule has 0 rings (SSSR count). The minimum absolute atomic E-state index is 0. The van der Waals surface area contributed by atoms with Crippen LogP contribution in [-0.2, 0) is 0 Å². The Hall–Kier alpha value is 2.51. The smallest absolute Gasteiger partial charge is 1.00 e. The number of rotatable bonds is 9. The summed E-state index contributed by atoms with van der Waals surface area (Å²) in [5.41, 5.74) is 0. The van der Waals surface area contributed by atoms with Crippen molar-refractivity contribution in [3.63, 3.8) is 0 Å². The van der Waals surface area contributed by atoms with Gasteiger partial charge >= 0.3 is 29.6 Å². The van der Waals surface area contributed by atoms with Crippen molar-refractivity contribution in [3.8, 4) is 0 Å². The van der Waals surface area contributed by atoms with Crippen LogP contribution in [0, 0.1) is 0 Å². The van der Waals surface area contributed by atoms with E-state index in [4.69, 9.17) is 15.5 Å². The second-order valence-corrected chi connectivity index (χ2v) is 1.92. The average Bonchev–Trinajstić information content (AvgIpc) is 2.10. The molecular formula is B12INa. The summed E-state index contributed by atoms with van der Waals surface area (Å²) in [7, 11) is 28.0. The fraction of sp³-hybridized carbons (Fsp3) is 0. The summed E-state index contributed by atoms with van der Waals surface area (Å²) in [5.74, 6) is 0. The molecule has 0 bridgehead atoms. The van der Waals surface area contributed by atoms with Crippen LogP contribution < -0.4 is 53.5 Å². The molecule has 0 aliphatic rings. The average molecular weight is 280 g/mol. The Morgan fingerprint density at radius 3 is 0.929 bits per heavy atom. The van der Waals surface area contributed by atoms with E-state index in [1.807, 2.05) is 42.4 Å². The quantitative estimate of drug-likeness (QED) is 0.223. The molecule has 0 aromatic rings. The first-order valence-corrected chi connectivity index (χ1v) is 3.67. The van der Waals surface area contributed by atoms with E-state index < -0.39 is 0 Å². The van der Waals surface area contributed by atoms with E-state index in [1.165, 1.54) is 14.1 Å². The van der Waals surface area contributed by atoms with Crippen LogP contribution in [0.3, 0.4) is 0 Å². The number of halogens is 1. The normalized spacial score (nSPS) is 6.00. The molecule has 0 saturated heterocycles. The summed E-state index contributed by atoms with van der Waals surface area (Å²) in [4.78, 5) is 0. The van der Waals surface area contributed by atoms with Crippen molar-refractivity contribution in [1.29, 1.82) is 0 Å². The Kier molecular flexibility index (Phi) is 32.4. The third kappa shape index (κ3) is 20.0. The predicted molar refractivity (Wildman–Crippen MR) is 69.0 cm³/mol. The van der Waals surface area contributed by atoms with Crippen molar-refractivity contribution in [3.05, 3.63) is 0 Å². The van der Waals surface area contributed by atoms with Crippen LogP contribution in [0.15, 0.2) is 0 Å². The minimum Gasteiger partial charge on any atom is -1.00 e. The van der Waals surface area contributed by atoms with E-state index in [2.05, 4.69) is 0 Å². The molecule has 0 aromatic heterocycles. The third-order valence-corrected chi connectivity index (χ3v) is 1.00. The molecule has 0 aliphatic carbocycles. The molecule has 0 N–H and O–H groups in total. The molecule has 44 valence electrons. The van der Waals surface area contributed by atoms with Crippen LogP contribution in [-0.4, -0.2) is 86.1 Å². The fourth-order valence-electron chi connectivity index (χ4n) is 0.513. The van der Waals surface area contributed by atoms with Crippen molar-refractivity contribution in [1.82, 2.24) is 0 Å². The van der Waals surface area contributed by atoms with Crippen molar-refractivity contribution >= 4 is 86.1 Å². The van der Waals surface area contributed by atoms with Crippen LogP contribution in [0.4, 0.5) is 0 Å². The molecule has 0 amide bonds. The maximum atomic E-state index is 5.12. The van der Waals surface area contributed by atoms with Gasteiger partial charge in [0.15, 0.2) is 0 Å². The van der Waals surface area contributed by atoms with Gasteiger partial charge in [-0.05, 0) is 0 Å².